The number of benzene rings is 1. The van der Waals surface area contributed by atoms with Gasteiger partial charge in [-0.05, 0) is 5.56 Å². The first-order valence-corrected chi connectivity index (χ1v) is 4.01. The Bertz CT molecular complexity index is 490. The van der Waals surface area contributed by atoms with Gasteiger partial charge in [0.15, 0.2) is 6.39 Å². The minimum absolute atomic E-state index is 0.0908. The zero-order valence-electron chi connectivity index (χ0n) is 7.18. The van der Waals surface area contributed by atoms with Gasteiger partial charge in [0.25, 0.3) is 0 Å². The molecule has 0 aliphatic heterocycles. The van der Waals surface area contributed by atoms with E-state index in [4.69, 9.17) is 0 Å². The van der Waals surface area contributed by atoms with Crippen LogP contribution in [0.4, 0.5) is 0 Å². The molecule has 0 radical (unpaired) electrons. The summed E-state index contributed by atoms with van der Waals surface area (Å²) in [5.74, 6) is -0.313. The lowest BCUT2D eigenvalue weighted by molar-refractivity contribution is 0.418. The van der Waals surface area contributed by atoms with Crippen molar-refractivity contribution in [3.63, 3.8) is 0 Å². The molecule has 0 saturated carbocycles. The van der Waals surface area contributed by atoms with Gasteiger partial charge in [0.2, 0.25) is 5.88 Å². The van der Waals surface area contributed by atoms with Gasteiger partial charge in [0, 0.05) is 0 Å². The molecule has 0 saturated heterocycles. The smallest absolute Gasteiger partial charge is 0.350 e. The molecule has 0 amide bonds. The van der Waals surface area contributed by atoms with Crippen LogP contribution in [0.5, 0.6) is 5.88 Å². The molecule has 4 nitrogen and oxygen atoms in total. The lowest BCUT2D eigenvalue weighted by Gasteiger charge is -1.99. The van der Waals surface area contributed by atoms with Gasteiger partial charge in [0.1, 0.15) is 5.56 Å². The minimum Gasteiger partial charge on any atom is -0.493 e. The molecule has 0 aliphatic rings. The Morgan fingerprint density at radius 3 is 2.57 bits per heavy atom. The van der Waals surface area contributed by atoms with Gasteiger partial charge < -0.3 is 9.52 Å². The molecule has 0 fully saturated rings. The lowest BCUT2D eigenvalue weighted by atomic mass is 10.1. The maximum Gasteiger partial charge on any atom is 0.350 e. The Morgan fingerprint density at radius 1 is 1.21 bits per heavy atom. The fourth-order valence-corrected chi connectivity index (χ4v) is 1.19. The van der Waals surface area contributed by atoms with Gasteiger partial charge in [-0.2, -0.15) is 4.98 Å². The second kappa shape index (κ2) is 3.33. The van der Waals surface area contributed by atoms with Crippen LogP contribution >= 0.6 is 0 Å². The predicted molar refractivity (Wildman–Crippen MR) is 49.9 cm³/mol. The van der Waals surface area contributed by atoms with Crippen LogP contribution in [0.2, 0.25) is 0 Å². The SMILES string of the molecule is O=c1ocnc(O)c1-c1ccccc1. The van der Waals surface area contributed by atoms with Crippen molar-refractivity contribution in [1.29, 1.82) is 0 Å². The Hall–Kier alpha value is -2.10. The van der Waals surface area contributed by atoms with Gasteiger partial charge in [-0.3, -0.25) is 0 Å². The molecular formula is C10H7NO3. The first-order chi connectivity index (χ1) is 6.79. The quantitative estimate of drug-likeness (QED) is 0.736. The van der Waals surface area contributed by atoms with Crippen LogP contribution in [0.25, 0.3) is 11.1 Å². The topological polar surface area (TPSA) is 63.3 Å². The van der Waals surface area contributed by atoms with Crippen LogP contribution in [-0.4, -0.2) is 10.1 Å². The highest BCUT2D eigenvalue weighted by Gasteiger charge is 2.10. The van der Waals surface area contributed by atoms with E-state index in [2.05, 4.69) is 9.40 Å². The van der Waals surface area contributed by atoms with Crippen molar-refractivity contribution in [1.82, 2.24) is 4.98 Å². The number of aromatic nitrogens is 1. The molecule has 70 valence electrons. The number of rotatable bonds is 1. The summed E-state index contributed by atoms with van der Waals surface area (Å²) in [6.45, 7) is 0. The molecule has 2 rings (SSSR count). The summed E-state index contributed by atoms with van der Waals surface area (Å²) in [4.78, 5) is 14.8. The highest BCUT2D eigenvalue weighted by molar-refractivity contribution is 5.66. The zero-order valence-corrected chi connectivity index (χ0v) is 7.18. The Kier molecular flexibility index (Phi) is 2.02. The lowest BCUT2D eigenvalue weighted by Crippen LogP contribution is -2.03. The average molecular weight is 189 g/mol. The first-order valence-electron chi connectivity index (χ1n) is 4.01. The standard InChI is InChI=1S/C10H7NO3/c12-9-8(10(13)14-6-11-9)7-4-2-1-3-5-7/h1-6,12H. The van der Waals surface area contributed by atoms with E-state index in [0.29, 0.717) is 5.56 Å². The van der Waals surface area contributed by atoms with Crippen LogP contribution in [0, 0.1) is 0 Å². The molecule has 1 aromatic carbocycles. The van der Waals surface area contributed by atoms with Crippen molar-refractivity contribution in [2.24, 2.45) is 0 Å². The minimum atomic E-state index is -0.594. The van der Waals surface area contributed by atoms with E-state index in [0.717, 1.165) is 6.39 Å². The summed E-state index contributed by atoms with van der Waals surface area (Å²) in [6.07, 6.45) is 0.921. The zero-order chi connectivity index (χ0) is 9.97. The van der Waals surface area contributed by atoms with Crippen LogP contribution in [0.15, 0.2) is 45.9 Å². The average Bonchev–Trinajstić information content (AvgIpc) is 2.19. The summed E-state index contributed by atoms with van der Waals surface area (Å²) in [5, 5.41) is 9.37. The fourth-order valence-electron chi connectivity index (χ4n) is 1.19. The number of nitrogens with zero attached hydrogens (tertiary/aromatic N) is 1. The third-order valence-electron chi connectivity index (χ3n) is 1.82. The largest absolute Gasteiger partial charge is 0.493 e. The van der Waals surface area contributed by atoms with Crippen molar-refractivity contribution < 1.29 is 9.52 Å². The van der Waals surface area contributed by atoms with Crippen molar-refractivity contribution in [3.8, 4) is 17.0 Å². The van der Waals surface area contributed by atoms with Gasteiger partial charge in [-0.25, -0.2) is 4.79 Å². The molecule has 1 N–H and O–H groups in total. The van der Waals surface area contributed by atoms with Crippen LogP contribution in [0.3, 0.4) is 0 Å². The molecule has 0 spiro atoms. The Morgan fingerprint density at radius 2 is 1.93 bits per heavy atom. The van der Waals surface area contributed by atoms with Crippen LogP contribution in [-0.2, 0) is 0 Å². The number of hydrogen-bond acceptors (Lipinski definition) is 4. The maximum absolute atomic E-state index is 11.3. The van der Waals surface area contributed by atoms with E-state index in [-0.39, 0.29) is 11.4 Å². The van der Waals surface area contributed by atoms with Crippen LogP contribution < -0.4 is 5.63 Å². The molecular weight excluding hydrogens is 182 g/mol. The monoisotopic (exact) mass is 189 g/mol. The van der Waals surface area contributed by atoms with Crippen molar-refractivity contribution in [2.75, 3.05) is 0 Å². The fraction of sp³-hybridized carbons (Fsp3) is 0. The third-order valence-corrected chi connectivity index (χ3v) is 1.82. The summed E-state index contributed by atoms with van der Waals surface area (Å²) >= 11 is 0. The van der Waals surface area contributed by atoms with E-state index in [9.17, 15) is 9.90 Å². The second-order valence-electron chi connectivity index (χ2n) is 2.70. The van der Waals surface area contributed by atoms with Gasteiger partial charge >= 0.3 is 5.63 Å². The van der Waals surface area contributed by atoms with Gasteiger partial charge in [-0.15, -0.1) is 0 Å². The summed E-state index contributed by atoms with van der Waals surface area (Å²) in [6, 6.07) is 8.75. The van der Waals surface area contributed by atoms with E-state index in [1.54, 1.807) is 24.3 Å². The molecule has 14 heavy (non-hydrogen) atoms. The summed E-state index contributed by atoms with van der Waals surface area (Å²) in [5.41, 5.74) is 0.0867. The van der Waals surface area contributed by atoms with E-state index >= 15 is 0 Å². The molecule has 0 unspecified atom stereocenters. The van der Waals surface area contributed by atoms with Gasteiger partial charge in [0.05, 0.1) is 0 Å². The summed E-state index contributed by atoms with van der Waals surface area (Å²) < 4.78 is 4.57. The van der Waals surface area contributed by atoms with E-state index in [1.165, 1.54) is 0 Å². The van der Waals surface area contributed by atoms with Gasteiger partial charge in [-0.1, -0.05) is 30.3 Å². The van der Waals surface area contributed by atoms with E-state index < -0.39 is 5.63 Å². The molecule has 4 heteroatoms. The van der Waals surface area contributed by atoms with Crippen molar-refractivity contribution in [2.45, 2.75) is 0 Å². The molecule has 2 aromatic rings. The Balaban J connectivity index is 2.69. The molecule has 0 bridgehead atoms. The molecule has 1 heterocycles. The normalized spacial score (nSPS) is 10.0. The highest BCUT2D eigenvalue weighted by Crippen LogP contribution is 2.21. The number of hydrogen-bond donors (Lipinski definition) is 1. The maximum atomic E-state index is 11.3. The predicted octanol–water partition coefficient (Wildman–Crippen LogP) is 1.41. The van der Waals surface area contributed by atoms with Crippen LogP contribution in [0.1, 0.15) is 0 Å². The number of aromatic hydroxyl groups is 1. The van der Waals surface area contributed by atoms with Crippen molar-refractivity contribution in [3.05, 3.63) is 47.1 Å². The molecule has 0 atom stereocenters. The second-order valence-corrected chi connectivity index (χ2v) is 2.70. The highest BCUT2D eigenvalue weighted by atomic mass is 16.4. The molecule has 1 aromatic heterocycles. The van der Waals surface area contributed by atoms with E-state index in [1.807, 2.05) is 6.07 Å². The molecule has 0 aliphatic carbocycles. The van der Waals surface area contributed by atoms with Crippen molar-refractivity contribution >= 4 is 0 Å². The Labute approximate surface area is 79.5 Å². The summed E-state index contributed by atoms with van der Waals surface area (Å²) in [7, 11) is 0. The third kappa shape index (κ3) is 1.37. The first kappa shape index (κ1) is 8.50.